The number of hydrogen-bond donors (Lipinski definition) is 0. The van der Waals surface area contributed by atoms with Gasteiger partial charge in [0.25, 0.3) is 0 Å². The van der Waals surface area contributed by atoms with Crippen molar-refractivity contribution in [3.05, 3.63) is 71.8 Å². The van der Waals surface area contributed by atoms with Crippen molar-refractivity contribution >= 4 is 38.4 Å². The summed E-state index contributed by atoms with van der Waals surface area (Å²) in [6, 6.07) is 21.1. The van der Waals surface area contributed by atoms with Gasteiger partial charge in [0.1, 0.15) is 0 Å². The summed E-state index contributed by atoms with van der Waals surface area (Å²) in [7, 11) is 0. The fraction of sp³-hybridized carbons (Fsp3) is 0.538. The van der Waals surface area contributed by atoms with Crippen LogP contribution < -0.4 is 0 Å². The Morgan fingerprint density at radius 3 is 1.32 bits per heavy atom. The Morgan fingerprint density at radius 2 is 1.00 bits per heavy atom. The fourth-order valence-electron chi connectivity index (χ4n) is 4.05. The molecule has 0 amide bonds. The molecule has 0 fully saturated rings. The molecule has 0 bridgehead atoms. The Kier molecular flexibility index (Phi) is 11.9. The molecule has 0 N–H and O–H groups in total. The molecule has 0 heterocycles. The second kappa shape index (κ2) is 13.6. The number of unbranched alkanes of at least 4 members (excludes halogenated alkanes) is 2. The molecule has 5 heteroatoms. The van der Waals surface area contributed by atoms with Crippen LogP contribution in [0.4, 0.5) is 0 Å². The average Bonchev–Trinajstić information content (AvgIpc) is 2.77. The van der Waals surface area contributed by atoms with Crippen LogP contribution >= 0.6 is 0 Å². The molecule has 172 valence electrons. The molecule has 2 rings (SSSR count). The van der Waals surface area contributed by atoms with E-state index in [0.717, 1.165) is 21.7 Å². The minimum absolute atomic E-state index is 0.0621. The van der Waals surface area contributed by atoms with Crippen molar-refractivity contribution < 1.29 is 7.56 Å². The Morgan fingerprint density at radius 1 is 0.645 bits per heavy atom. The summed E-state index contributed by atoms with van der Waals surface area (Å²) in [6.07, 6.45) is 4.79. The first-order chi connectivity index (χ1) is 14.8. The van der Waals surface area contributed by atoms with Crippen molar-refractivity contribution in [1.29, 1.82) is 0 Å². The van der Waals surface area contributed by atoms with Crippen LogP contribution in [0.3, 0.4) is 0 Å². The Balaban J connectivity index is 2.22. The van der Waals surface area contributed by atoms with E-state index in [9.17, 15) is 0 Å². The van der Waals surface area contributed by atoms with Gasteiger partial charge < -0.3 is 0 Å². The van der Waals surface area contributed by atoms with Gasteiger partial charge in [0, 0.05) is 0 Å². The average molecular weight is 640 g/mol. The van der Waals surface area contributed by atoms with Crippen molar-refractivity contribution in [2.24, 2.45) is 0 Å². The van der Waals surface area contributed by atoms with Gasteiger partial charge in [0.15, 0.2) is 0 Å². The topological polar surface area (TPSA) is 27.7 Å². The molecule has 2 aromatic carbocycles. The molecule has 0 aliphatic rings. The van der Waals surface area contributed by atoms with Crippen LogP contribution in [0, 0.1) is 0 Å². The van der Waals surface area contributed by atoms with Gasteiger partial charge >= 0.3 is 202 Å². The summed E-state index contributed by atoms with van der Waals surface area (Å²) in [5.74, 6) is 0. The molecule has 0 aliphatic heterocycles. The van der Waals surface area contributed by atoms with E-state index >= 15 is 0 Å². The molecule has 0 saturated carbocycles. The quantitative estimate of drug-likeness (QED) is 0.195. The first-order valence-corrected chi connectivity index (χ1v) is 26.4. The van der Waals surface area contributed by atoms with Crippen LogP contribution in [-0.4, -0.2) is 38.4 Å². The van der Waals surface area contributed by atoms with E-state index in [2.05, 4.69) is 98.2 Å². The van der Waals surface area contributed by atoms with Crippen molar-refractivity contribution in [1.82, 2.24) is 0 Å². The van der Waals surface area contributed by atoms with Crippen molar-refractivity contribution in [3.63, 3.8) is 0 Å². The normalized spacial score (nSPS) is 17.5. The van der Waals surface area contributed by atoms with Crippen molar-refractivity contribution in [2.45, 2.75) is 84.3 Å². The predicted octanol–water partition coefficient (Wildman–Crippen LogP) is 8.30. The summed E-state index contributed by atoms with van der Waals surface area (Å²) in [5, 5.41) is 0. The molecule has 0 spiro atoms. The van der Waals surface area contributed by atoms with Gasteiger partial charge in [-0.25, -0.2) is 0 Å². The third-order valence-electron chi connectivity index (χ3n) is 5.79. The standard InChI is InChI=1S/2C8H9O.2C4H9.2CH3.O.2Sn/c2*1-7(9)8-5-3-2-4-6-8;2*1-3-4-2;;;;;/h2*2-7H,1H3;2*1,3-4H2,2H3;2*1H3;;;/q2*-1;;;;;;2*+1. The summed E-state index contributed by atoms with van der Waals surface area (Å²) >= 11 is -6.61. The molecule has 0 aromatic heterocycles. The Hall–Kier alpha value is -0.0826. The van der Waals surface area contributed by atoms with E-state index in [1.807, 2.05) is 0 Å². The summed E-state index contributed by atoms with van der Waals surface area (Å²) in [4.78, 5) is 4.67. The molecule has 0 aliphatic carbocycles. The zero-order valence-corrected chi connectivity index (χ0v) is 26.1. The van der Waals surface area contributed by atoms with Gasteiger partial charge in [0.2, 0.25) is 0 Å². The zero-order valence-electron chi connectivity index (χ0n) is 20.4. The number of hydrogen-bond acceptors (Lipinski definition) is 3. The number of rotatable bonds is 14. The maximum atomic E-state index is 7.19. The monoisotopic (exact) mass is 642 g/mol. The van der Waals surface area contributed by atoms with Crippen LogP contribution in [0.15, 0.2) is 60.7 Å². The van der Waals surface area contributed by atoms with Gasteiger partial charge in [-0.3, -0.25) is 0 Å². The van der Waals surface area contributed by atoms with Crippen molar-refractivity contribution in [3.8, 4) is 0 Å². The molecule has 4 unspecified atom stereocenters. The molecule has 31 heavy (non-hydrogen) atoms. The first kappa shape index (κ1) is 27.2. The van der Waals surface area contributed by atoms with E-state index in [1.165, 1.54) is 24.0 Å². The molecule has 2 aromatic rings. The summed E-state index contributed by atoms with van der Waals surface area (Å²) < 4.78 is 23.1. The fourth-order valence-corrected chi connectivity index (χ4v) is 42.2. The second-order valence-electron chi connectivity index (χ2n) is 8.92. The molecule has 0 radical (unpaired) electrons. The maximum absolute atomic E-state index is 7.19. The molecular weight excluding hydrogens is 598 g/mol. The van der Waals surface area contributed by atoms with Crippen LogP contribution in [0.5, 0.6) is 0 Å². The van der Waals surface area contributed by atoms with Gasteiger partial charge in [-0.2, -0.15) is 0 Å². The zero-order chi connectivity index (χ0) is 22.7. The summed E-state index contributed by atoms with van der Waals surface area (Å²) in [5.41, 5.74) is 2.46. The SMILES string of the molecule is CCC[CH2][Sn]([CH3])([O]C(C)c1ccccc1)[O][Sn]([CH3])([CH2]CCC)[O]C(C)c1ccccc1. The molecule has 3 nitrogen and oxygen atoms in total. The van der Waals surface area contributed by atoms with E-state index in [-0.39, 0.29) is 12.2 Å². The van der Waals surface area contributed by atoms with Crippen molar-refractivity contribution in [2.75, 3.05) is 0 Å². The van der Waals surface area contributed by atoms with Gasteiger partial charge in [-0.05, 0) is 0 Å². The second-order valence-corrected chi connectivity index (χ2v) is 30.6. The van der Waals surface area contributed by atoms with Gasteiger partial charge in [-0.1, -0.05) is 0 Å². The summed E-state index contributed by atoms with van der Waals surface area (Å²) in [6.45, 7) is 8.85. The predicted molar refractivity (Wildman–Crippen MR) is 136 cm³/mol. The minimum atomic E-state index is -3.30. The third kappa shape index (κ3) is 9.36. The third-order valence-corrected chi connectivity index (χ3v) is 36.9. The van der Waals surface area contributed by atoms with E-state index in [0.29, 0.717) is 0 Å². The van der Waals surface area contributed by atoms with E-state index < -0.39 is 38.4 Å². The van der Waals surface area contributed by atoms with E-state index in [4.69, 9.17) is 7.56 Å². The first-order valence-electron chi connectivity index (χ1n) is 12.0. The number of benzene rings is 2. The molecular formula is C26H42O3Sn2. The Labute approximate surface area is 200 Å². The van der Waals surface area contributed by atoms with Crippen LogP contribution in [0.1, 0.15) is 76.7 Å². The molecule has 0 saturated heterocycles. The van der Waals surface area contributed by atoms with E-state index in [1.54, 1.807) is 0 Å². The van der Waals surface area contributed by atoms with Crippen LogP contribution in [0.25, 0.3) is 0 Å². The molecule has 4 atom stereocenters. The Bertz CT molecular complexity index is 679. The van der Waals surface area contributed by atoms with Gasteiger partial charge in [0.05, 0.1) is 0 Å². The van der Waals surface area contributed by atoms with Crippen LogP contribution in [-0.2, 0) is 7.56 Å². The van der Waals surface area contributed by atoms with Gasteiger partial charge in [-0.15, -0.1) is 0 Å². The van der Waals surface area contributed by atoms with Crippen LogP contribution in [0.2, 0.25) is 18.8 Å².